The number of rotatable bonds is 5. The second kappa shape index (κ2) is 5.83. The van der Waals surface area contributed by atoms with Gasteiger partial charge in [-0.3, -0.25) is 0 Å². The Kier molecular flexibility index (Phi) is 4.95. The fraction of sp³-hybridized carbons (Fsp3) is 0.500. The molecule has 0 amide bonds. The Balaban J connectivity index is 3.12. The lowest BCUT2D eigenvalue weighted by Crippen LogP contribution is -2.31. The van der Waals surface area contributed by atoms with Crippen LogP contribution >= 0.6 is 22.9 Å². The van der Waals surface area contributed by atoms with Gasteiger partial charge in [0.15, 0.2) is 0 Å². The van der Waals surface area contributed by atoms with E-state index in [1.165, 1.54) is 4.31 Å². The summed E-state index contributed by atoms with van der Waals surface area (Å²) in [4.78, 5) is 0. The molecule has 0 aliphatic heterocycles. The lowest BCUT2D eigenvalue weighted by molar-refractivity contribution is 0.446. The van der Waals surface area contributed by atoms with Crippen LogP contribution in [0.3, 0.4) is 0 Å². The van der Waals surface area contributed by atoms with Crippen molar-refractivity contribution in [3.8, 4) is 6.07 Å². The quantitative estimate of drug-likeness (QED) is 0.784. The van der Waals surface area contributed by atoms with Crippen LogP contribution in [0.25, 0.3) is 0 Å². The highest BCUT2D eigenvalue weighted by atomic mass is 35.5. The molecule has 0 aliphatic carbocycles. The van der Waals surface area contributed by atoms with Gasteiger partial charge in [-0.25, -0.2) is 8.42 Å². The zero-order valence-corrected chi connectivity index (χ0v) is 12.0. The second-order valence-electron chi connectivity index (χ2n) is 3.52. The molecule has 94 valence electrons. The highest BCUT2D eigenvalue weighted by Crippen LogP contribution is 2.31. The first-order valence-electron chi connectivity index (χ1n) is 5.06. The van der Waals surface area contributed by atoms with E-state index in [9.17, 15) is 8.42 Å². The van der Waals surface area contributed by atoms with Crippen LogP contribution in [-0.2, 0) is 10.0 Å². The molecular formula is C10H13ClN2O2S2. The number of hydrogen-bond acceptors (Lipinski definition) is 4. The van der Waals surface area contributed by atoms with Crippen LogP contribution in [0.15, 0.2) is 10.3 Å². The lowest BCUT2D eigenvalue weighted by Gasteiger charge is -2.16. The first-order chi connectivity index (χ1) is 7.93. The summed E-state index contributed by atoms with van der Waals surface area (Å²) in [6, 6.07) is 3.41. The number of sulfonamides is 1. The van der Waals surface area contributed by atoms with Gasteiger partial charge in [0.05, 0.1) is 10.4 Å². The second-order valence-corrected chi connectivity index (χ2v) is 7.34. The summed E-state index contributed by atoms with van der Waals surface area (Å²) in [6.45, 7) is 3.83. The molecule has 0 spiro atoms. The van der Waals surface area contributed by atoms with Gasteiger partial charge < -0.3 is 0 Å². The van der Waals surface area contributed by atoms with E-state index >= 15 is 0 Å². The lowest BCUT2D eigenvalue weighted by atomic mass is 10.4. The average molecular weight is 293 g/mol. The monoisotopic (exact) mass is 292 g/mol. The van der Waals surface area contributed by atoms with Crippen LogP contribution in [0.5, 0.6) is 0 Å². The van der Waals surface area contributed by atoms with Crippen molar-refractivity contribution in [1.82, 2.24) is 4.31 Å². The molecule has 1 aromatic heterocycles. The van der Waals surface area contributed by atoms with Crippen molar-refractivity contribution in [1.29, 1.82) is 5.26 Å². The molecule has 17 heavy (non-hydrogen) atoms. The van der Waals surface area contributed by atoms with Crippen molar-refractivity contribution < 1.29 is 8.42 Å². The minimum absolute atomic E-state index is 0.134. The molecule has 0 unspecified atom stereocenters. The molecule has 0 atom stereocenters. The van der Waals surface area contributed by atoms with E-state index in [0.29, 0.717) is 17.3 Å². The Hall–Kier alpha value is -0.610. The minimum Gasteiger partial charge on any atom is -0.206 e. The Morgan fingerprint density at radius 1 is 1.59 bits per heavy atom. The third-order valence-corrected chi connectivity index (χ3v) is 6.00. The summed E-state index contributed by atoms with van der Waals surface area (Å²) < 4.78 is 26.3. The van der Waals surface area contributed by atoms with E-state index in [4.69, 9.17) is 16.9 Å². The van der Waals surface area contributed by atoms with E-state index in [2.05, 4.69) is 0 Å². The predicted molar refractivity (Wildman–Crippen MR) is 68.7 cm³/mol. The maximum absolute atomic E-state index is 12.2. The molecule has 7 heteroatoms. The number of nitriles is 1. The maximum atomic E-state index is 12.2. The van der Waals surface area contributed by atoms with Gasteiger partial charge in [0.2, 0.25) is 0 Å². The molecule has 0 saturated carbocycles. The average Bonchev–Trinajstić information content (AvgIpc) is 2.59. The topological polar surface area (TPSA) is 61.2 Å². The van der Waals surface area contributed by atoms with Gasteiger partial charge in [0.25, 0.3) is 10.0 Å². The van der Waals surface area contributed by atoms with Crippen molar-refractivity contribution in [2.45, 2.75) is 24.5 Å². The smallest absolute Gasteiger partial charge is 0.206 e. The van der Waals surface area contributed by atoms with E-state index in [0.717, 1.165) is 16.9 Å². The third-order valence-electron chi connectivity index (χ3n) is 2.15. The van der Waals surface area contributed by atoms with E-state index < -0.39 is 10.0 Å². The number of nitrogens with zero attached hydrogens (tertiary/aromatic N) is 2. The number of aryl methyl sites for hydroxylation is 1. The largest absolute Gasteiger partial charge is 0.253 e. The maximum Gasteiger partial charge on any atom is 0.253 e. The molecule has 0 radical (unpaired) electrons. The van der Waals surface area contributed by atoms with Crippen molar-refractivity contribution >= 4 is 33.0 Å². The predicted octanol–water partition coefficient (Wildman–Crippen LogP) is 2.63. The van der Waals surface area contributed by atoms with Crippen LogP contribution in [-0.4, -0.2) is 25.8 Å². The summed E-state index contributed by atoms with van der Waals surface area (Å²) in [5, 5.41) is 8.65. The summed E-state index contributed by atoms with van der Waals surface area (Å²) in [7, 11) is -3.58. The van der Waals surface area contributed by atoms with E-state index in [1.807, 2.05) is 13.0 Å². The van der Waals surface area contributed by atoms with Crippen molar-refractivity contribution in [3.05, 3.63) is 16.0 Å². The molecular weight excluding hydrogens is 280 g/mol. The molecule has 4 nitrogen and oxygen atoms in total. The molecule has 0 aromatic carbocycles. The molecule has 1 aromatic rings. The zero-order chi connectivity index (χ0) is 13.1. The van der Waals surface area contributed by atoms with Crippen LogP contribution in [0, 0.1) is 18.3 Å². The Bertz CT molecular complexity index is 511. The van der Waals surface area contributed by atoms with E-state index in [-0.39, 0.29) is 10.8 Å². The van der Waals surface area contributed by atoms with Gasteiger partial charge in [-0.1, -0.05) is 18.5 Å². The van der Waals surface area contributed by atoms with Crippen LogP contribution < -0.4 is 0 Å². The molecule has 1 heterocycles. The number of thiophene rings is 1. The third kappa shape index (κ3) is 3.19. The van der Waals surface area contributed by atoms with Gasteiger partial charge in [0, 0.05) is 6.54 Å². The van der Waals surface area contributed by atoms with Crippen molar-refractivity contribution in [2.24, 2.45) is 0 Å². The fourth-order valence-electron chi connectivity index (χ4n) is 1.30. The van der Waals surface area contributed by atoms with Gasteiger partial charge in [0.1, 0.15) is 10.8 Å². The number of hydrogen-bond donors (Lipinski definition) is 0. The highest BCUT2D eigenvalue weighted by molar-refractivity contribution is 7.91. The zero-order valence-electron chi connectivity index (χ0n) is 9.60. The normalized spacial score (nSPS) is 11.7. The molecule has 0 aliphatic rings. The van der Waals surface area contributed by atoms with Crippen molar-refractivity contribution in [3.63, 3.8) is 0 Å². The van der Waals surface area contributed by atoms with Gasteiger partial charge in [-0.15, -0.1) is 11.3 Å². The molecule has 0 N–H and O–H groups in total. The number of halogens is 1. The molecule has 1 rings (SSSR count). The first kappa shape index (κ1) is 14.5. The van der Waals surface area contributed by atoms with Crippen LogP contribution in [0.1, 0.15) is 18.9 Å². The summed E-state index contributed by atoms with van der Waals surface area (Å²) in [6.07, 6.45) is 0.666. The standard InChI is InChI=1S/C10H13ClN2O2S2/c1-3-5-13(6-4-12)17(14,15)9-7-8(2)10(11)16-9/h7H,3,5-6H2,1-2H3. The summed E-state index contributed by atoms with van der Waals surface area (Å²) >= 11 is 6.89. The first-order valence-corrected chi connectivity index (χ1v) is 7.70. The van der Waals surface area contributed by atoms with Crippen LogP contribution in [0.4, 0.5) is 0 Å². The SMILES string of the molecule is CCCN(CC#N)S(=O)(=O)c1cc(C)c(Cl)s1. The van der Waals surface area contributed by atoms with Crippen molar-refractivity contribution in [2.75, 3.05) is 13.1 Å². The Morgan fingerprint density at radius 3 is 2.65 bits per heavy atom. The fourth-order valence-corrected chi connectivity index (χ4v) is 4.59. The summed E-state index contributed by atoms with van der Waals surface area (Å²) in [5.74, 6) is 0. The molecule has 0 bridgehead atoms. The minimum atomic E-state index is -3.58. The molecule has 0 fully saturated rings. The van der Waals surface area contributed by atoms with Gasteiger partial charge >= 0.3 is 0 Å². The van der Waals surface area contributed by atoms with Gasteiger partial charge in [-0.2, -0.15) is 9.57 Å². The van der Waals surface area contributed by atoms with E-state index in [1.54, 1.807) is 13.0 Å². The molecule has 0 saturated heterocycles. The Labute approximate surface area is 110 Å². The van der Waals surface area contributed by atoms with Gasteiger partial charge in [-0.05, 0) is 25.0 Å². The summed E-state index contributed by atoms with van der Waals surface area (Å²) in [5.41, 5.74) is 0.739. The Morgan fingerprint density at radius 2 is 2.24 bits per heavy atom. The highest BCUT2D eigenvalue weighted by Gasteiger charge is 2.26. The van der Waals surface area contributed by atoms with Crippen LogP contribution in [0.2, 0.25) is 4.34 Å².